The molecule has 4 nitrogen and oxygen atoms in total. The van der Waals surface area contributed by atoms with E-state index in [1.807, 2.05) is 17.9 Å². The molecule has 0 heterocycles. The summed E-state index contributed by atoms with van der Waals surface area (Å²) >= 11 is 0. The van der Waals surface area contributed by atoms with Crippen LogP contribution in [0.4, 0.5) is 4.39 Å². The van der Waals surface area contributed by atoms with Crippen molar-refractivity contribution >= 4 is 5.97 Å². The number of hydrogen-bond donors (Lipinski definition) is 1. The van der Waals surface area contributed by atoms with Crippen LogP contribution in [-0.4, -0.2) is 29.1 Å². The topological polar surface area (TPSA) is 64.3 Å². The maximum absolute atomic E-state index is 13.1. The molecular weight excluding hydrogens is 235 g/mol. The summed E-state index contributed by atoms with van der Waals surface area (Å²) in [5.74, 6) is -1.26. The highest BCUT2D eigenvalue weighted by Crippen LogP contribution is 2.13. The molecule has 0 atom stereocenters. The van der Waals surface area contributed by atoms with Gasteiger partial charge in [-0.05, 0) is 30.3 Å². The number of nitrogens with zero attached hydrogens (tertiary/aromatic N) is 2. The molecule has 0 bridgehead atoms. The smallest absolute Gasteiger partial charge is 0.304 e. The van der Waals surface area contributed by atoms with Crippen LogP contribution in [0.5, 0.6) is 0 Å². The SMILES string of the molecule is CCN(CCC(=O)O)Cc1cc(F)ccc1C#N. The number of aliphatic carboxylic acids is 1. The van der Waals surface area contributed by atoms with Crippen LogP contribution in [0.15, 0.2) is 18.2 Å². The summed E-state index contributed by atoms with van der Waals surface area (Å²) in [6.45, 7) is 3.31. The van der Waals surface area contributed by atoms with Crippen molar-refractivity contribution in [3.05, 3.63) is 35.1 Å². The Balaban J connectivity index is 2.78. The summed E-state index contributed by atoms with van der Waals surface area (Å²) in [4.78, 5) is 12.4. The fourth-order valence-electron chi connectivity index (χ4n) is 1.65. The highest BCUT2D eigenvalue weighted by atomic mass is 19.1. The molecular formula is C13H15FN2O2. The molecule has 18 heavy (non-hydrogen) atoms. The molecule has 0 saturated heterocycles. The van der Waals surface area contributed by atoms with Crippen molar-refractivity contribution in [2.75, 3.05) is 13.1 Å². The monoisotopic (exact) mass is 250 g/mol. The highest BCUT2D eigenvalue weighted by Gasteiger charge is 2.10. The molecule has 0 radical (unpaired) electrons. The van der Waals surface area contributed by atoms with Crippen molar-refractivity contribution in [2.45, 2.75) is 19.9 Å². The fourth-order valence-corrected chi connectivity index (χ4v) is 1.65. The van der Waals surface area contributed by atoms with Gasteiger partial charge >= 0.3 is 5.97 Å². The van der Waals surface area contributed by atoms with E-state index in [9.17, 15) is 9.18 Å². The van der Waals surface area contributed by atoms with Crippen LogP contribution in [0.25, 0.3) is 0 Å². The third-order valence-corrected chi connectivity index (χ3v) is 2.67. The van der Waals surface area contributed by atoms with Gasteiger partial charge in [-0.25, -0.2) is 4.39 Å². The van der Waals surface area contributed by atoms with Gasteiger partial charge in [0.25, 0.3) is 0 Å². The first-order valence-corrected chi connectivity index (χ1v) is 5.69. The van der Waals surface area contributed by atoms with Crippen molar-refractivity contribution in [1.82, 2.24) is 4.90 Å². The van der Waals surface area contributed by atoms with Gasteiger partial charge in [0, 0.05) is 13.1 Å². The van der Waals surface area contributed by atoms with Gasteiger partial charge in [0.1, 0.15) is 5.82 Å². The van der Waals surface area contributed by atoms with E-state index in [-0.39, 0.29) is 6.42 Å². The zero-order valence-electron chi connectivity index (χ0n) is 10.2. The van der Waals surface area contributed by atoms with E-state index in [1.54, 1.807) is 0 Å². The van der Waals surface area contributed by atoms with Gasteiger partial charge in [-0.3, -0.25) is 9.69 Å². The van der Waals surface area contributed by atoms with Gasteiger partial charge in [0.05, 0.1) is 18.1 Å². The highest BCUT2D eigenvalue weighted by molar-refractivity contribution is 5.66. The quantitative estimate of drug-likeness (QED) is 0.838. The maximum Gasteiger partial charge on any atom is 0.304 e. The number of nitriles is 1. The lowest BCUT2D eigenvalue weighted by Gasteiger charge is -2.20. The molecule has 96 valence electrons. The molecule has 0 saturated carbocycles. The zero-order valence-corrected chi connectivity index (χ0v) is 10.2. The predicted octanol–water partition coefficient (Wildman–Crippen LogP) is 1.99. The number of halogens is 1. The predicted molar refractivity (Wildman–Crippen MR) is 64.3 cm³/mol. The van der Waals surface area contributed by atoms with Gasteiger partial charge in [0.15, 0.2) is 0 Å². The lowest BCUT2D eigenvalue weighted by molar-refractivity contribution is -0.137. The third kappa shape index (κ3) is 4.15. The lowest BCUT2D eigenvalue weighted by atomic mass is 10.1. The molecule has 5 heteroatoms. The van der Waals surface area contributed by atoms with E-state index >= 15 is 0 Å². The molecule has 0 aliphatic carbocycles. The summed E-state index contributed by atoms with van der Waals surface area (Å²) in [7, 11) is 0. The first-order valence-electron chi connectivity index (χ1n) is 5.69. The minimum atomic E-state index is -0.867. The van der Waals surface area contributed by atoms with Crippen LogP contribution >= 0.6 is 0 Å². The Morgan fingerprint density at radius 3 is 2.83 bits per heavy atom. The third-order valence-electron chi connectivity index (χ3n) is 2.67. The molecule has 0 aliphatic rings. The number of hydrogen-bond acceptors (Lipinski definition) is 3. The first kappa shape index (κ1) is 14.1. The summed E-state index contributed by atoms with van der Waals surface area (Å²) in [6.07, 6.45) is 0.0328. The van der Waals surface area contributed by atoms with Gasteiger partial charge in [0.2, 0.25) is 0 Å². The van der Waals surface area contributed by atoms with Crippen molar-refractivity contribution < 1.29 is 14.3 Å². The number of rotatable bonds is 6. The van der Waals surface area contributed by atoms with Crippen LogP contribution in [0.1, 0.15) is 24.5 Å². The van der Waals surface area contributed by atoms with Crippen LogP contribution in [0.3, 0.4) is 0 Å². The lowest BCUT2D eigenvalue weighted by Crippen LogP contribution is -2.26. The van der Waals surface area contributed by atoms with Crippen molar-refractivity contribution in [1.29, 1.82) is 5.26 Å². The largest absolute Gasteiger partial charge is 0.481 e. The molecule has 1 aromatic carbocycles. The van der Waals surface area contributed by atoms with Gasteiger partial charge in [-0.2, -0.15) is 5.26 Å². The van der Waals surface area contributed by atoms with Crippen LogP contribution < -0.4 is 0 Å². The molecule has 1 aromatic rings. The summed E-state index contributed by atoms with van der Waals surface area (Å²) in [5, 5.41) is 17.6. The Kier molecular flexibility index (Phi) is 5.28. The average Bonchev–Trinajstić information content (AvgIpc) is 2.34. The number of carbonyl (C=O) groups is 1. The second-order valence-electron chi connectivity index (χ2n) is 3.93. The van der Waals surface area contributed by atoms with E-state index in [1.165, 1.54) is 18.2 Å². The molecule has 0 unspecified atom stereocenters. The van der Waals surface area contributed by atoms with E-state index < -0.39 is 11.8 Å². The van der Waals surface area contributed by atoms with E-state index in [0.29, 0.717) is 30.8 Å². The Morgan fingerprint density at radius 1 is 1.56 bits per heavy atom. The first-order chi connectivity index (χ1) is 8.56. The number of carboxylic acids is 1. The second-order valence-corrected chi connectivity index (χ2v) is 3.93. The standard InChI is InChI=1S/C13H15FN2O2/c1-2-16(6-5-13(17)18)9-11-7-12(14)4-3-10(11)8-15/h3-4,7H,2,5-6,9H2,1H3,(H,17,18). The van der Waals surface area contributed by atoms with Gasteiger partial charge in [-0.15, -0.1) is 0 Å². The normalized spacial score (nSPS) is 10.3. The maximum atomic E-state index is 13.1. The fraction of sp³-hybridized carbons (Fsp3) is 0.385. The van der Waals surface area contributed by atoms with Crippen molar-refractivity contribution in [3.63, 3.8) is 0 Å². The molecule has 0 aromatic heterocycles. The van der Waals surface area contributed by atoms with Gasteiger partial charge in [-0.1, -0.05) is 6.92 Å². The molecule has 1 rings (SSSR count). The van der Waals surface area contributed by atoms with Crippen LogP contribution in [0, 0.1) is 17.1 Å². The zero-order chi connectivity index (χ0) is 13.5. The Morgan fingerprint density at radius 2 is 2.28 bits per heavy atom. The second kappa shape index (κ2) is 6.72. The molecule has 1 N–H and O–H groups in total. The van der Waals surface area contributed by atoms with Crippen molar-refractivity contribution in [3.8, 4) is 6.07 Å². The average molecular weight is 250 g/mol. The molecule has 0 amide bonds. The molecule has 0 spiro atoms. The summed E-state index contributed by atoms with van der Waals surface area (Å²) < 4.78 is 13.1. The Bertz CT molecular complexity index is 469. The van der Waals surface area contributed by atoms with Gasteiger partial charge < -0.3 is 5.11 Å². The van der Waals surface area contributed by atoms with Crippen LogP contribution in [0.2, 0.25) is 0 Å². The molecule has 0 fully saturated rings. The van der Waals surface area contributed by atoms with E-state index in [0.717, 1.165) is 0 Å². The number of benzene rings is 1. The summed E-state index contributed by atoms with van der Waals surface area (Å²) in [5.41, 5.74) is 1.01. The Hall–Kier alpha value is -1.93. The van der Waals surface area contributed by atoms with Crippen LogP contribution in [-0.2, 0) is 11.3 Å². The summed E-state index contributed by atoms with van der Waals surface area (Å²) in [6, 6.07) is 6.01. The van der Waals surface area contributed by atoms with E-state index in [4.69, 9.17) is 10.4 Å². The Labute approximate surface area is 105 Å². The minimum absolute atomic E-state index is 0.0328. The van der Waals surface area contributed by atoms with E-state index in [2.05, 4.69) is 0 Å². The van der Waals surface area contributed by atoms with Crippen molar-refractivity contribution in [2.24, 2.45) is 0 Å². The minimum Gasteiger partial charge on any atom is -0.481 e. The molecule has 0 aliphatic heterocycles. The number of carboxylic acid groups (broad SMARTS) is 1.